The van der Waals surface area contributed by atoms with E-state index in [4.69, 9.17) is 14.2 Å². The Morgan fingerprint density at radius 3 is 2.00 bits per heavy atom. The maximum Gasteiger partial charge on any atom is 0.170 e. The van der Waals surface area contributed by atoms with Gasteiger partial charge in [-0.1, -0.05) is 6.92 Å². The van der Waals surface area contributed by atoms with E-state index in [-0.39, 0.29) is 6.29 Å². The van der Waals surface area contributed by atoms with Crippen LogP contribution in [0.15, 0.2) is 0 Å². The second-order valence-electron chi connectivity index (χ2n) is 3.73. The van der Waals surface area contributed by atoms with Crippen LogP contribution in [0.25, 0.3) is 0 Å². The molecule has 0 bridgehead atoms. The summed E-state index contributed by atoms with van der Waals surface area (Å²) in [7, 11) is 1.73. The summed E-state index contributed by atoms with van der Waals surface area (Å²) in [5.41, 5.74) is 0. The highest BCUT2D eigenvalue weighted by molar-refractivity contribution is 4.66. The van der Waals surface area contributed by atoms with E-state index in [1.165, 1.54) is 0 Å². The molecule has 4 nitrogen and oxygen atoms in total. The molecule has 0 aromatic heterocycles. The lowest BCUT2D eigenvalue weighted by Gasteiger charge is -2.30. The number of methoxy groups -OCH3 is 1. The third kappa shape index (κ3) is 6.43. The molecule has 1 atom stereocenters. The molecule has 0 rings (SSSR count). The fourth-order valence-corrected chi connectivity index (χ4v) is 1.68. The van der Waals surface area contributed by atoms with Crippen LogP contribution in [0.1, 0.15) is 27.7 Å². The van der Waals surface area contributed by atoms with Crippen LogP contribution in [0.3, 0.4) is 0 Å². The van der Waals surface area contributed by atoms with Crippen LogP contribution in [0.4, 0.5) is 0 Å². The van der Waals surface area contributed by atoms with Gasteiger partial charge in [-0.3, -0.25) is 4.90 Å². The van der Waals surface area contributed by atoms with Gasteiger partial charge in [-0.15, -0.1) is 0 Å². The second-order valence-corrected chi connectivity index (χ2v) is 3.73. The first kappa shape index (κ1) is 15.8. The fourth-order valence-electron chi connectivity index (χ4n) is 1.68. The van der Waals surface area contributed by atoms with Gasteiger partial charge < -0.3 is 14.2 Å². The van der Waals surface area contributed by atoms with Gasteiger partial charge in [0, 0.05) is 32.9 Å². The largest absolute Gasteiger partial charge is 0.383 e. The van der Waals surface area contributed by atoms with E-state index in [0.717, 1.165) is 19.7 Å². The van der Waals surface area contributed by atoms with E-state index >= 15 is 0 Å². The summed E-state index contributed by atoms with van der Waals surface area (Å²) in [6.45, 7) is 12.1. The first-order valence-electron chi connectivity index (χ1n) is 6.15. The van der Waals surface area contributed by atoms with Crippen molar-refractivity contribution < 1.29 is 14.2 Å². The van der Waals surface area contributed by atoms with Crippen molar-refractivity contribution in [2.45, 2.75) is 40.0 Å². The Balaban J connectivity index is 4.12. The minimum Gasteiger partial charge on any atom is -0.383 e. The normalized spacial score (nSPS) is 13.7. The average molecular weight is 233 g/mol. The number of likely N-dealkylation sites (N-methyl/N-ethyl adjacent to an activating group) is 1. The third-order valence-electron chi connectivity index (χ3n) is 2.53. The maximum atomic E-state index is 5.54. The monoisotopic (exact) mass is 233 g/mol. The van der Waals surface area contributed by atoms with E-state index in [0.29, 0.717) is 19.3 Å². The summed E-state index contributed by atoms with van der Waals surface area (Å²) in [6.07, 6.45) is -0.130. The molecule has 0 aliphatic rings. The number of nitrogens with zero attached hydrogens (tertiary/aromatic N) is 1. The van der Waals surface area contributed by atoms with Crippen molar-refractivity contribution in [1.82, 2.24) is 4.90 Å². The molecule has 16 heavy (non-hydrogen) atoms. The van der Waals surface area contributed by atoms with Gasteiger partial charge in [0.2, 0.25) is 0 Å². The molecule has 0 aliphatic carbocycles. The lowest BCUT2D eigenvalue weighted by atomic mass is 10.3. The highest BCUT2D eigenvalue weighted by Gasteiger charge is 2.17. The number of ether oxygens (including phenoxy) is 3. The third-order valence-corrected chi connectivity index (χ3v) is 2.53. The van der Waals surface area contributed by atoms with Crippen molar-refractivity contribution in [3.63, 3.8) is 0 Å². The van der Waals surface area contributed by atoms with Crippen LogP contribution in [-0.2, 0) is 14.2 Å². The van der Waals surface area contributed by atoms with E-state index in [2.05, 4.69) is 18.7 Å². The predicted molar refractivity (Wildman–Crippen MR) is 65.6 cm³/mol. The molecule has 0 saturated heterocycles. The Morgan fingerprint density at radius 1 is 1.06 bits per heavy atom. The first-order valence-corrected chi connectivity index (χ1v) is 6.15. The quantitative estimate of drug-likeness (QED) is 0.538. The van der Waals surface area contributed by atoms with Gasteiger partial charge in [0.05, 0.1) is 6.61 Å². The molecular formula is C12H27NO3. The van der Waals surface area contributed by atoms with E-state index in [1.807, 2.05) is 13.8 Å². The van der Waals surface area contributed by atoms with E-state index in [9.17, 15) is 0 Å². The minimum atomic E-state index is -0.130. The average Bonchev–Trinajstić information content (AvgIpc) is 2.26. The van der Waals surface area contributed by atoms with Gasteiger partial charge >= 0.3 is 0 Å². The Bertz CT molecular complexity index is 149. The van der Waals surface area contributed by atoms with Gasteiger partial charge in [-0.25, -0.2) is 0 Å². The molecule has 4 heteroatoms. The first-order chi connectivity index (χ1) is 7.69. The summed E-state index contributed by atoms with van der Waals surface area (Å²) in [4.78, 5) is 2.31. The van der Waals surface area contributed by atoms with Crippen molar-refractivity contribution in [2.75, 3.05) is 40.0 Å². The summed E-state index contributed by atoms with van der Waals surface area (Å²) < 4.78 is 16.2. The minimum absolute atomic E-state index is 0.130. The molecule has 0 radical (unpaired) electrons. The van der Waals surface area contributed by atoms with Crippen molar-refractivity contribution >= 4 is 0 Å². The number of hydrogen-bond donors (Lipinski definition) is 0. The molecule has 0 heterocycles. The van der Waals surface area contributed by atoms with Gasteiger partial charge in [0.15, 0.2) is 6.29 Å². The molecule has 0 fully saturated rings. The Labute approximate surface area is 99.9 Å². The van der Waals surface area contributed by atoms with Crippen molar-refractivity contribution in [3.8, 4) is 0 Å². The van der Waals surface area contributed by atoms with Gasteiger partial charge in [-0.05, 0) is 27.3 Å². The Hall–Kier alpha value is -0.160. The van der Waals surface area contributed by atoms with Crippen LogP contribution in [0.2, 0.25) is 0 Å². The van der Waals surface area contributed by atoms with E-state index < -0.39 is 0 Å². The molecule has 0 saturated carbocycles. The zero-order chi connectivity index (χ0) is 12.4. The summed E-state index contributed by atoms with van der Waals surface area (Å²) in [5.74, 6) is 0. The summed E-state index contributed by atoms with van der Waals surface area (Å²) in [5, 5.41) is 0. The Kier molecular flexibility index (Phi) is 9.92. The lowest BCUT2D eigenvalue weighted by Crippen LogP contribution is -2.42. The second kappa shape index (κ2) is 10.0. The molecule has 1 unspecified atom stereocenters. The molecule has 98 valence electrons. The molecule has 0 aromatic carbocycles. The fraction of sp³-hybridized carbons (Fsp3) is 1.00. The smallest absolute Gasteiger partial charge is 0.170 e. The van der Waals surface area contributed by atoms with Crippen molar-refractivity contribution in [3.05, 3.63) is 0 Å². The number of hydrogen-bond acceptors (Lipinski definition) is 4. The molecule has 0 amide bonds. The van der Waals surface area contributed by atoms with Crippen molar-refractivity contribution in [1.29, 1.82) is 0 Å². The van der Waals surface area contributed by atoms with Crippen LogP contribution >= 0.6 is 0 Å². The molecular weight excluding hydrogens is 206 g/mol. The number of rotatable bonds is 10. The maximum absolute atomic E-state index is 5.54. The topological polar surface area (TPSA) is 30.9 Å². The van der Waals surface area contributed by atoms with Gasteiger partial charge in [0.25, 0.3) is 0 Å². The molecule has 0 N–H and O–H groups in total. The van der Waals surface area contributed by atoms with Crippen molar-refractivity contribution in [2.24, 2.45) is 0 Å². The predicted octanol–water partition coefficient (Wildman–Crippen LogP) is 1.74. The van der Waals surface area contributed by atoms with Gasteiger partial charge in [-0.2, -0.15) is 0 Å². The zero-order valence-electron chi connectivity index (χ0n) is 11.4. The zero-order valence-corrected chi connectivity index (χ0v) is 11.4. The highest BCUT2D eigenvalue weighted by Crippen LogP contribution is 2.05. The molecule has 0 aliphatic heterocycles. The summed E-state index contributed by atoms with van der Waals surface area (Å²) in [6, 6.07) is 0.387. The molecule has 0 spiro atoms. The summed E-state index contributed by atoms with van der Waals surface area (Å²) >= 11 is 0. The highest BCUT2D eigenvalue weighted by atomic mass is 16.7. The van der Waals surface area contributed by atoms with Gasteiger partial charge in [0.1, 0.15) is 0 Å². The molecule has 0 aromatic rings. The van der Waals surface area contributed by atoms with Crippen LogP contribution in [0, 0.1) is 0 Å². The van der Waals surface area contributed by atoms with E-state index in [1.54, 1.807) is 7.11 Å². The lowest BCUT2D eigenvalue weighted by molar-refractivity contribution is -0.151. The standard InChI is InChI=1S/C12H27NO3/c1-6-13(11(4)10-14-5)9-12(15-7-2)16-8-3/h11-12H,6-10H2,1-5H3. The van der Waals surface area contributed by atoms with Crippen LogP contribution < -0.4 is 0 Å². The SMILES string of the molecule is CCOC(CN(CC)C(C)COC)OCC. The van der Waals surface area contributed by atoms with Crippen LogP contribution in [-0.4, -0.2) is 57.3 Å². The Morgan fingerprint density at radius 2 is 1.62 bits per heavy atom. The van der Waals surface area contributed by atoms with Crippen LogP contribution in [0.5, 0.6) is 0 Å².